The number of amides is 1. The Labute approximate surface area is 195 Å². The molecule has 0 saturated carbocycles. The number of furan rings is 1. The molecule has 2 aromatic carbocycles. The zero-order valence-corrected chi connectivity index (χ0v) is 18.9. The van der Waals surface area contributed by atoms with Gasteiger partial charge in [0.25, 0.3) is 0 Å². The smallest absolute Gasteiger partial charge is 0.241 e. The molecule has 1 aliphatic heterocycles. The van der Waals surface area contributed by atoms with E-state index in [-0.39, 0.29) is 5.91 Å². The largest absolute Gasteiger partial charge is 0.497 e. The first kappa shape index (κ1) is 21.5. The van der Waals surface area contributed by atoms with E-state index in [0.29, 0.717) is 42.8 Å². The van der Waals surface area contributed by atoms with Gasteiger partial charge in [-0.25, -0.2) is 0 Å². The summed E-state index contributed by atoms with van der Waals surface area (Å²) in [5.41, 5.74) is 2.47. The van der Waals surface area contributed by atoms with Crippen LogP contribution in [0.15, 0.2) is 57.7 Å². The van der Waals surface area contributed by atoms with Crippen molar-refractivity contribution in [2.24, 2.45) is 0 Å². The van der Waals surface area contributed by atoms with Crippen LogP contribution in [0.5, 0.6) is 5.75 Å². The molecule has 0 bridgehead atoms. The summed E-state index contributed by atoms with van der Waals surface area (Å²) in [5.74, 6) is 1.92. The molecule has 4 aromatic rings. The highest BCUT2D eigenvalue weighted by Gasteiger charge is 2.24. The van der Waals surface area contributed by atoms with Gasteiger partial charge in [-0.2, -0.15) is 4.98 Å². The first-order chi connectivity index (χ1) is 16.1. The van der Waals surface area contributed by atoms with Gasteiger partial charge >= 0.3 is 0 Å². The van der Waals surface area contributed by atoms with Crippen molar-refractivity contribution in [3.05, 3.63) is 65.2 Å². The van der Waals surface area contributed by atoms with Crippen molar-refractivity contribution >= 4 is 28.5 Å². The number of methoxy groups -OCH3 is 1. The maximum absolute atomic E-state index is 12.9. The van der Waals surface area contributed by atoms with Crippen LogP contribution in [0.1, 0.15) is 11.5 Å². The fraction of sp³-hybridized carbons (Fsp3) is 0.292. The SMILES string of the molecule is COc1ccc2c(CC(=O)N3CCN(Cc4nc(-c5ccc(Cl)cc5)no4)CC3)coc2c1. The van der Waals surface area contributed by atoms with Crippen molar-refractivity contribution in [1.82, 2.24) is 19.9 Å². The molecule has 3 heterocycles. The van der Waals surface area contributed by atoms with Crippen molar-refractivity contribution in [3.63, 3.8) is 0 Å². The third-order valence-corrected chi connectivity index (χ3v) is 6.11. The molecule has 0 spiro atoms. The van der Waals surface area contributed by atoms with E-state index in [1.807, 2.05) is 35.2 Å². The summed E-state index contributed by atoms with van der Waals surface area (Å²) in [6, 6.07) is 13.0. The van der Waals surface area contributed by atoms with Crippen LogP contribution in [0.25, 0.3) is 22.4 Å². The number of halogens is 1. The van der Waals surface area contributed by atoms with Crippen LogP contribution >= 0.6 is 11.6 Å². The van der Waals surface area contributed by atoms with Crippen molar-refractivity contribution in [2.75, 3.05) is 33.3 Å². The summed E-state index contributed by atoms with van der Waals surface area (Å²) in [7, 11) is 1.62. The van der Waals surface area contributed by atoms with E-state index < -0.39 is 0 Å². The molecule has 0 aliphatic carbocycles. The normalized spacial score (nSPS) is 14.7. The molecule has 170 valence electrons. The average Bonchev–Trinajstić information content (AvgIpc) is 3.47. The molecule has 9 heteroatoms. The highest BCUT2D eigenvalue weighted by Crippen LogP contribution is 2.26. The lowest BCUT2D eigenvalue weighted by molar-refractivity contribution is -0.132. The van der Waals surface area contributed by atoms with Gasteiger partial charge in [-0.15, -0.1) is 0 Å². The molecule has 1 amide bonds. The number of piperazine rings is 1. The summed E-state index contributed by atoms with van der Waals surface area (Å²) >= 11 is 5.94. The second-order valence-electron chi connectivity index (χ2n) is 7.98. The van der Waals surface area contributed by atoms with Crippen molar-refractivity contribution in [1.29, 1.82) is 0 Å². The lowest BCUT2D eigenvalue weighted by Crippen LogP contribution is -2.48. The van der Waals surface area contributed by atoms with Gasteiger partial charge in [0, 0.05) is 53.8 Å². The predicted octanol–water partition coefficient (Wildman–Crippen LogP) is 4.03. The average molecular weight is 467 g/mol. The summed E-state index contributed by atoms with van der Waals surface area (Å²) in [6.45, 7) is 3.35. The van der Waals surface area contributed by atoms with E-state index >= 15 is 0 Å². The van der Waals surface area contributed by atoms with E-state index in [1.54, 1.807) is 25.5 Å². The molecule has 33 heavy (non-hydrogen) atoms. The Kier molecular flexibility index (Phi) is 6.02. The Balaban J connectivity index is 1.15. The number of rotatable bonds is 6. The lowest BCUT2D eigenvalue weighted by atomic mass is 10.1. The van der Waals surface area contributed by atoms with Gasteiger partial charge in [-0.05, 0) is 36.4 Å². The highest BCUT2D eigenvalue weighted by atomic mass is 35.5. The summed E-state index contributed by atoms with van der Waals surface area (Å²) in [5, 5.41) is 5.67. The molecule has 5 rings (SSSR count). The molecule has 1 aliphatic rings. The topological polar surface area (TPSA) is 84.8 Å². The van der Waals surface area contributed by atoms with E-state index in [0.717, 1.165) is 40.9 Å². The number of aromatic nitrogens is 2. The summed E-state index contributed by atoms with van der Waals surface area (Å²) in [6.07, 6.45) is 1.97. The molecule has 2 aromatic heterocycles. The van der Waals surface area contributed by atoms with Gasteiger partial charge in [-0.3, -0.25) is 9.69 Å². The van der Waals surface area contributed by atoms with Crippen LogP contribution in [0, 0.1) is 0 Å². The van der Waals surface area contributed by atoms with Crippen LogP contribution in [0.2, 0.25) is 5.02 Å². The van der Waals surface area contributed by atoms with Crippen LogP contribution in [0.3, 0.4) is 0 Å². The molecule has 0 N–H and O–H groups in total. The maximum atomic E-state index is 12.9. The number of nitrogens with zero attached hydrogens (tertiary/aromatic N) is 4. The Morgan fingerprint density at radius 2 is 1.91 bits per heavy atom. The van der Waals surface area contributed by atoms with Crippen LogP contribution in [0.4, 0.5) is 0 Å². The zero-order chi connectivity index (χ0) is 22.8. The highest BCUT2D eigenvalue weighted by molar-refractivity contribution is 6.30. The minimum atomic E-state index is 0.0935. The molecular weight excluding hydrogens is 444 g/mol. The second kappa shape index (κ2) is 9.25. The van der Waals surface area contributed by atoms with Crippen LogP contribution < -0.4 is 4.74 Å². The van der Waals surface area contributed by atoms with E-state index in [1.165, 1.54) is 0 Å². The quantitative estimate of drug-likeness (QED) is 0.424. The standard InChI is InChI=1S/C24H23ClN4O4/c1-31-19-6-7-20-17(15-32-21(20)13-19)12-23(30)29-10-8-28(9-11-29)14-22-26-24(27-33-22)16-2-4-18(25)5-3-16/h2-7,13,15H,8-12,14H2,1H3. The first-order valence-corrected chi connectivity index (χ1v) is 11.1. The molecular formula is C24H23ClN4O4. The van der Waals surface area contributed by atoms with Crippen LogP contribution in [-0.4, -0.2) is 59.1 Å². The van der Waals surface area contributed by atoms with Gasteiger partial charge < -0.3 is 18.6 Å². The maximum Gasteiger partial charge on any atom is 0.241 e. The number of carbonyl (C=O) groups excluding carboxylic acids is 1. The molecule has 0 atom stereocenters. The van der Waals surface area contributed by atoms with Crippen molar-refractivity contribution in [3.8, 4) is 17.1 Å². The van der Waals surface area contributed by atoms with E-state index in [9.17, 15) is 4.79 Å². The fourth-order valence-corrected chi connectivity index (χ4v) is 4.11. The Morgan fingerprint density at radius 3 is 2.67 bits per heavy atom. The minimum Gasteiger partial charge on any atom is -0.497 e. The number of benzene rings is 2. The molecule has 1 saturated heterocycles. The zero-order valence-electron chi connectivity index (χ0n) is 18.2. The Bertz CT molecular complexity index is 1260. The van der Waals surface area contributed by atoms with Gasteiger partial charge in [0.15, 0.2) is 0 Å². The number of carbonyl (C=O) groups is 1. The number of ether oxygens (including phenoxy) is 1. The summed E-state index contributed by atoms with van der Waals surface area (Å²) < 4.78 is 16.3. The molecule has 0 unspecified atom stereocenters. The second-order valence-corrected chi connectivity index (χ2v) is 8.41. The third kappa shape index (κ3) is 4.72. The van der Waals surface area contributed by atoms with Gasteiger partial charge in [0.05, 0.1) is 26.3 Å². The first-order valence-electron chi connectivity index (χ1n) is 10.7. The summed E-state index contributed by atoms with van der Waals surface area (Å²) in [4.78, 5) is 21.5. The van der Waals surface area contributed by atoms with Crippen molar-refractivity contribution in [2.45, 2.75) is 13.0 Å². The Morgan fingerprint density at radius 1 is 1.12 bits per heavy atom. The Hall–Kier alpha value is -3.36. The third-order valence-electron chi connectivity index (χ3n) is 5.86. The lowest BCUT2D eigenvalue weighted by Gasteiger charge is -2.34. The van der Waals surface area contributed by atoms with E-state index in [4.69, 9.17) is 25.3 Å². The molecule has 1 fully saturated rings. The van der Waals surface area contributed by atoms with E-state index in [2.05, 4.69) is 15.0 Å². The van der Waals surface area contributed by atoms with Crippen molar-refractivity contribution < 1.29 is 18.5 Å². The molecule has 0 radical (unpaired) electrons. The monoisotopic (exact) mass is 466 g/mol. The minimum absolute atomic E-state index is 0.0935. The van der Waals surface area contributed by atoms with Gasteiger partial charge in [0.1, 0.15) is 11.3 Å². The number of hydrogen-bond acceptors (Lipinski definition) is 7. The van der Waals surface area contributed by atoms with Crippen LogP contribution in [-0.2, 0) is 17.8 Å². The molecule has 8 nitrogen and oxygen atoms in total. The van der Waals surface area contributed by atoms with Gasteiger partial charge in [-0.1, -0.05) is 16.8 Å². The fourth-order valence-electron chi connectivity index (χ4n) is 3.98. The van der Waals surface area contributed by atoms with Gasteiger partial charge in [0.2, 0.25) is 17.6 Å². The number of hydrogen-bond donors (Lipinski definition) is 0. The predicted molar refractivity (Wildman–Crippen MR) is 123 cm³/mol. The number of fused-ring (bicyclic) bond motifs is 1.